The summed E-state index contributed by atoms with van der Waals surface area (Å²) in [6, 6.07) is 4.81. The van der Waals surface area contributed by atoms with Crippen LogP contribution >= 0.6 is 0 Å². The Labute approximate surface area is 141 Å². The highest BCUT2D eigenvalue weighted by molar-refractivity contribution is 5.97. The van der Waals surface area contributed by atoms with Crippen LogP contribution in [0.2, 0.25) is 0 Å². The molecule has 2 N–H and O–H groups in total. The van der Waals surface area contributed by atoms with E-state index in [1.165, 1.54) is 20.6 Å². The van der Waals surface area contributed by atoms with Gasteiger partial charge in [0.05, 0.1) is 20.8 Å². The van der Waals surface area contributed by atoms with Crippen LogP contribution in [-0.2, 0) is 4.79 Å². The van der Waals surface area contributed by atoms with Crippen LogP contribution in [0.3, 0.4) is 0 Å². The Kier molecular flexibility index (Phi) is 6.60. The van der Waals surface area contributed by atoms with Gasteiger partial charge in [0.2, 0.25) is 0 Å². The average molecular weight is 333 g/mol. The third-order valence-electron chi connectivity index (χ3n) is 3.82. The van der Waals surface area contributed by atoms with E-state index in [-0.39, 0.29) is 18.4 Å². The molecule has 0 unspecified atom stereocenters. The second-order valence-corrected chi connectivity index (χ2v) is 5.53. The first kappa shape index (κ1) is 17.8. The van der Waals surface area contributed by atoms with E-state index in [2.05, 4.69) is 15.8 Å². The van der Waals surface area contributed by atoms with Crippen LogP contribution < -0.4 is 20.2 Å². The fourth-order valence-electron chi connectivity index (χ4n) is 2.49. The fraction of sp³-hybridized carbons (Fsp3) is 0.471. The first-order valence-corrected chi connectivity index (χ1v) is 7.98. The minimum absolute atomic E-state index is 0.135. The summed E-state index contributed by atoms with van der Waals surface area (Å²) in [5, 5.41) is 6.67. The van der Waals surface area contributed by atoms with Gasteiger partial charge in [-0.1, -0.05) is 6.42 Å². The molecule has 0 bridgehead atoms. The first-order valence-electron chi connectivity index (χ1n) is 7.98. The largest absolute Gasteiger partial charge is 0.493 e. The molecule has 1 aliphatic carbocycles. The predicted octanol–water partition coefficient (Wildman–Crippen LogP) is 1.87. The summed E-state index contributed by atoms with van der Waals surface area (Å²) in [5.74, 6) is 0.284. The quantitative estimate of drug-likeness (QED) is 0.778. The highest BCUT2D eigenvalue weighted by Crippen LogP contribution is 2.27. The summed E-state index contributed by atoms with van der Waals surface area (Å²) in [6.45, 7) is -0.135. The number of carbonyl (C=O) groups is 2. The number of amides is 2. The average Bonchev–Trinajstić information content (AvgIpc) is 2.64. The van der Waals surface area contributed by atoms with Crippen molar-refractivity contribution >= 4 is 17.5 Å². The number of methoxy groups -OCH3 is 2. The summed E-state index contributed by atoms with van der Waals surface area (Å²) in [6.07, 6.45) is 5.31. The zero-order valence-electron chi connectivity index (χ0n) is 14.1. The van der Waals surface area contributed by atoms with Gasteiger partial charge in [0.15, 0.2) is 11.5 Å². The Morgan fingerprint density at radius 2 is 1.79 bits per heavy atom. The Hall–Kier alpha value is -2.57. The van der Waals surface area contributed by atoms with E-state index in [1.807, 2.05) is 0 Å². The van der Waals surface area contributed by atoms with Gasteiger partial charge in [-0.3, -0.25) is 9.59 Å². The van der Waals surface area contributed by atoms with Crippen molar-refractivity contribution < 1.29 is 19.1 Å². The van der Waals surface area contributed by atoms with Crippen molar-refractivity contribution in [1.29, 1.82) is 0 Å². The molecule has 2 amide bonds. The molecule has 1 aromatic carbocycles. The first-order chi connectivity index (χ1) is 11.6. The number of benzene rings is 1. The monoisotopic (exact) mass is 333 g/mol. The molecule has 24 heavy (non-hydrogen) atoms. The van der Waals surface area contributed by atoms with Crippen LogP contribution in [0.15, 0.2) is 23.3 Å². The third kappa shape index (κ3) is 4.97. The second kappa shape index (κ2) is 8.90. The number of hydrogen-bond donors (Lipinski definition) is 2. The highest BCUT2D eigenvalue weighted by Gasteiger charge is 2.12. The van der Waals surface area contributed by atoms with E-state index >= 15 is 0 Å². The number of hydrazone groups is 1. The summed E-state index contributed by atoms with van der Waals surface area (Å²) >= 11 is 0. The van der Waals surface area contributed by atoms with Crippen LogP contribution in [0.4, 0.5) is 0 Å². The molecule has 7 nitrogen and oxygen atoms in total. The molecule has 0 aromatic heterocycles. The molecule has 0 atom stereocenters. The van der Waals surface area contributed by atoms with Crippen molar-refractivity contribution in [2.45, 2.75) is 32.1 Å². The minimum Gasteiger partial charge on any atom is -0.493 e. The van der Waals surface area contributed by atoms with Crippen molar-refractivity contribution in [1.82, 2.24) is 10.7 Å². The zero-order valence-corrected chi connectivity index (χ0v) is 14.1. The summed E-state index contributed by atoms with van der Waals surface area (Å²) in [5.41, 5.74) is 3.89. The number of hydrogen-bond acceptors (Lipinski definition) is 5. The maximum Gasteiger partial charge on any atom is 0.259 e. The summed E-state index contributed by atoms with van der Waals surface area (Å²) < 4.78 is 10.3. The molecule has 7 heteroatoms. The van der Waals surface area contributed by atoms with Crippen molar-refractivity contribution in [3.8, 4) is 11.5 Å². The molecule has 0 aliphatic heterocycles. The van der Waals surface area contributed by atoms with Gasteiger partial charge in [0, 0.05) is 11.3 Å². The molecule has 0 spiro atoms. The van der Waals surface area contributed by atoms with Crippen LogP contribution in [0.25, 0.3) is 0 Å². The smallest absolute Gasteiger partial charge is 0.259 e. The lowest BCUT2D eigenvalue weighted by atomic mass is 9.99. The van der Waals surface area contributed by atoms with Gasteiger partial charge in [0.25, 0.3) is 11.8 Å². The van der Waals surface area contributed by atoms with Gasteiger partial charge in [-0.25, -0.2) is 5.43 Å². The Morgan fingerprint density at radius 3 is 2.46 bits per heavy atom. The Morgan fingerprint density at radius 1 is 1.08 bits per heavy atom. The normalized spacial score (nSPS) is 13.8. The van der Waals surface area contributed by atoms with Crippen LogP contribution in [0.5, 0.6) is 11.5 Å². The molecular weight excluding hydrogens is 310 g/mol. The topological polar surface area (TPSA) is 89.0 Å². The van der Waals surface area contributed by atoms with Crippen molar-refractivity contribution in [3.05, 3.63) is 23.8 Å². The highest BCUT2D eigenvalue weighted by atomic mass is 16.5. The van der Waals surface area contributed by atoms with E-state index < -0.39 is 0 Å². The third-order valence-corrected chi connectivity index (χ3v) is 3.82. The number of nitrogens with zero attached hydrogens (tertiary/aromatic N) is 1. The van der Waals surface area contributed by atoms with Crippen molar-refractivity contribution in [3.63, 3.8) is 0 Å². The van der Waals surface area contributed by atoms with E-state index in [4.69, 9.17) is 9.47 Å². The van der Waals surface area contributed by atoms with Crippen molar-refractivity contribution in [2.75, 3.05) is 20.8 Å². The van der Waals surface area contributed by atoms with Gasteiger partial charge in [-0.05, 0) is 43.9 Å². The van der Waals surface area contributed by atoms with E-state index in [0.717, 1.165) is 31.4 Å². The van der Waals surface area contributed by atoms with Crippen LogP contribution in [0.1, 0.15) is 42.5 Å². The lowest BCUT2D eigenvalue weighted by Gasteiger charge is -2.12. The van der Waals surface area contributed by atoms with Crippen molar-refractivity contribution in [2.24, 2.45) is 5.10 Å². The van der Waals surface area contributed by atoms with Crippen LogP contribution in [0, 0.1) is 0 Å². The van der Waals surface area contributed by atoms with Gasteiger partial charge in [-0.2, -0.15) is 5.10 Å². The molecular formula is C17H23N3O4. The van der Waals surface area contributed by atoms with Gasteiger partial charge >= 0.3 is 0 Å². The fourth-order valence-corrected chi connectivity index (χ4v) is 2.49. The molecule has 0 heterocycles. The lowest BCUT2D eigenvalue weighted by molar-refractivity contribution is -0.120. The zero-order chi connectivity index (χ0) is 17.4. The SMILES string of the molecule is COc1ccc(C(=O)NCC(=O)NN=C2CCCCC2)cc1OC. The summed E-state index contributed by atoms with van der Waals surface area (Å²) in [4.78, 5) is 23.9. The van der Waals surface area contributed by atoms with E-state index in [1.54, 1.807) is 18.2 Å². The Balaban J connectivity index is 1.85. The van der Waals surface area contributed by atoms with Gasteiger partial charge in [0.1, 0.15) is 0 Å². The molecule has 0 radical (unpaired) electrons. The van der Waals surface area contributed by atoms with E-state index in [0.29, 0.717) is 17.1 Å². The van der Waals surface area contributed by atoms with E-state index in [9.17, 15) is 9.59 Å². The minimum atomic E-state index is -0.364. The second-order valence-electron chi connectivity index (χ2n) is 5.53. The molecule has 130 valence electrons. The molecule has 1 aromatic rings. The van der Waals surface area contributed by atoms with Gasteiger partial charge < -0.3 is 14.8 Å². The molecule has 0 saturated heterocycles. The summed E-state index contributed by atoms with van der Waals surface area (Å²) in [7, 11) is 3.02. The Bertz CT molecular complexity index is 620. The number of ether oxygens (including phenoxy) is 2. The maximum absolute atomic E-state index is 12.1. The number of nitrogens with one attached hydrogen (secondary N) is 2. The number of carbonyl (C=O) groups excluding carboxylic acids is 2. The maximum atomic E-state index is 12.1. The molecule has 1 aliphatic rings. The van der Waals surface area contributed by atoms with Gasteiger partial charge in [-0.15, -0.1) is 0 Å². The molecule has 1 fully saturated rings. The lowest BCUT2D eigenvalue weighted by Crippen LogP contribution is -2.35. The number of rotatable bonds is 6. The molecule has 1 saturated carbocycles. The molecule has 2 rings (SSSR count). The van der Waals surface area contributed by atoms with Crippen LogP contribution in [-0.4, -0.2) is 38.3 Å². The predicted molar refractivity (Wildman–Crippen MR) is 90.5 cm³/mol. The standard InChI is InChI=1S/C17H23N3O4/c1-23-14-9-8-12(10-15(14)24-2)17(22)18-11-16(21)20-19-13-6-4-3-5-7-13/h8-10H,3-7,11H2,1-2H3,(H,18,22)(H,20,21).